The van der Waals surface area contributed by atoms with Gasteiger partial charge in [-0.2, -0.15) is 0 Å². The molecule has 3 rings (SSSR count). The Morgan fingerprint density at radius 3 is 2.81 bits per heavy atom. The van der Waals surface area contributed by atoms with Crippen molar-refractivity contribution in [2.24, 2.45) is 7.05 Å². The van der Waals surface area contributed by atoms with Crippen LogP contribution in [0.3, 0.4) is 0 Å². The van der Waals surface area contributed by atoms with Crippen LogP contribution in [0, 0.1) is 6.92 Å². The van der Waals surface area contributed by atoms with Crippen molar-refractivity contribution in [2.45, 2.75) is 13.5 Å². The highest BCUT2D eigenvalue weighted by atomic mass is 16.2. The molecule has 0 N–H and O–H groups in total. The van der Waals surface area contributed by atoms with Crippen molar-refractivity contribution in [1.29, 1.82) is 0 Å². The Morgan fingerprint density at radius 2 is 2.10 bits per heavy atom. The molecule has 0 fully saturated rings. The standard InChI is InChI=1S/C16H18N4O/c1-12-14(7-9-18(12)2)16(21)19(3)11-13-10-17-15-6-4-5-8-20(13)15/h4-10H,11H2,1-3H3. The van der Waals surface area contributed by atoms with Crippen LogP contribution in [0.25, 0.3) is 5.65 Å². The van der Waals surface area contributed by atoms with Crippen molar-refractivity contribution in [1.82, 2.24) is 18.9 Å². The zero-order chi connectivity index (χ0) is 15.0. The molecule has 1 amide bonds. The number of aryl methyl sites for hydroxylation is 1. The average Bonchev–Trinajstić information content (AvgIpc) is 3.04. The van der Waals surface area contributed by atoms with E-state index in [0.717, 1.165) is 22.6 Å². The highest BCUT2D eigenvalue weighted by molar-refractivity contribution is 5.95. The van der Waals surface area contributed by atoms with Gasteiger partial charge < -0.3 is 13.9 Å². The normalized spacial score (nSPS) is 11.0. The molecule has 0 radical (unpaired) electrons. The molecule has 3 heterocycles. The maximum Gasteiger partial charge on any atom is 0.255 e. The molecule has 0 saturated carbocycles. The molecule has 0 aromatic carbocycles. The number of fused-ring (bicyclic) bond motifs is 1. The summed E-state index contributed by atoms with van der Waals surface area (Å²) in [5.41, 5.74) is 3.61. The Labute approximate surface area is 123 Å². The first-order chi connectivity index (χ1) is 10.1. The van der Waals surface area contributed by atoms with Crippen molar-refractivity contribution in [3.05, 3.63) is 59.8 Å². The van der Waals surface area contributed by atoms with E-state index in [0.29, 0.717) is 6.54 Å². The average molecular weight is 282 g/mol. The third kappa shape index (κ3) is 2.31. The summed E-state index contributed by atoms with van der Waals surface area (Å²) in [4.78, 5) is 18.6. The Morgan fingerprint density at radius 1 is 1.29 bits per heavy atom. The van der Waals surface area contributed by atoms with Crippen LogP contribution in [-0.2, 0) is 13.6 Å². The zero-order valence-corrected chi connectivity index (χ0v) is 12.4. The van der Waals surface area contributed by atoms with Crippen molar-refractivity contribution < 1.29 is 4.79 Å². The van der Waals surface area contributed by atoms with Gasteiger partial charge in [0.2, 0.25) is 0 Å². The molecule has 21 heavy (non-hydrogen) atoms. The Balaban J connectivity index is 1.84. The molecular formula is C16H18N4O. The van der Waals surface area contributed by atoms with Crippen molar-refractivity contribution in [2.75, 3.05) is 7.05 Å². The lowest BCUT2D eigenvalue weighted by molar-refractivity contribution is 0.0782. The van der Waals surface area contributed by atoms with Gasteiger partial charge in [-0.3, -0.25) is 4.79 Å². The van der Waals surface area contributed by atoms with Gasteiger partial charge in [0.1, 0.15) is 5.65 Å². The minimum atomic E-state index is 0.0268. The topological polar surface area (TPSA) is 42.5 Å². The molecule has 5 heteroatoms. The third-order valence-corrected chi connectivity index (χ3v) is 3.85. The molecule has 3 aromatic heterocycles. The van der Waals surface area contributed by atoms with Crippen LogP contribution < -0.4 is 0 Å². The molecule has 0 aliphatic rings. The quantitative estimate of drug-likeness (QED) is 0.739. The van der Waals surface area contributed by atoms with Crippen molar-refractivity contribution >= 4 is 11.6 Å². The maximum absolute atomic E-state index is 12.5. The van der Waals surface area contributed by atoms with E-state index in [1.165, 1.54) is 0 Å². The van der Waals surface area contributed by atoms with Gasteiger partial charge >= 0.3 is 0 Å². The summed E-state index contributed by atoms with van der Waals surface area (Å²) in [5.74, 6) is 0.0268. The van der Waals surface area contributed by atoms with Gasteiger partial charge in [-0.25, -0.2) is 4.98 Å². The summed E-state index contributed by atoms with van der Waals surface area (Å²) in [5, 5.41) is 0. The number of nitrogens with zero attached hydrogens (tertiary/aromatic N) is 4. The van der Waals surface area contributed by atoms with Gasteiger partial charge in [0.15, 0.2) is 0 Å². The van der Waals surface area contributed by atoms with E-state index in [2.05, 4.69) is 4.98 Å². The SMILES string of the molecule is Cc1c(C(=O)N(C)Cc2cnc3ccccn23)ccn1C. The minimum absolute atomic E-state index is 0.0268. The summed E-state index contributed by atoms with van der Waals surface area (Å²) >= 11 is 0. The van der Waals surface area contributed by atoms with Gasteiger partial charge in [0.25, 0.3) is 5.91 Å². The molecular weight excluding hydrogens is 264 g/mol. The van der Waals surface area contributed by atoms with Crippen LogP contribution in [0.4, 0.5) is 0 Å². The minimum Gasteiger partial charge on any atom is -0.354 e. The van der Waals surface area contributed by atoms with Gasteiger partial charge in [0, 0.05) is 32.2 Å². The highest BCUT2D eigenvalue weighted by Crippen LogP contribution is 2.14. The second-order valence-corrected chi connectivity index (χ2v) is 5.27. The smallest absolute Gasteiger partial charge is 0.255 e. The highest BCUT2D eigenvalue weighted by Gasteiger charge is 2.17. The number of aromatic nitrogens is 3. The van der Waals surface area contributed by atoms with Crippen LogP contribution in [-0.4, -0.2) is 31.8 Å². The Hall–Kier alpha value is -2.56. The fraction of sp³-hybridized carbons (Fsp3) is 0.250. The summed E-state index contributed by atoms with van der Waals surface area (Å²) in [7, 11) is 3.76. The molecule has 108 valence electrons. The van der Waals surface area contributed by atoms with Crippen molar-refractivity contribution in [3.63, 3.8) is 0 Å². The van der Waals surface area contributed by atoms with Gasteiger partial charge in [-0.15, -0.1) is 0 Å². The third-order valence-electron chi connectivity index (χ3n) is 3.85. The number of rotatable bonds is 3. The second-order valence-electron chi connectivity index (χ2n) is 5.27. The summed E-state index contributed by atoms with van der Waals surface area (Å²) < 4.78 is 3.96. The fourth-order valence-corrected chi connectivity index (χ4v) is 2.46. The number of carbonyl (C=O) groups excluding carboxylic acids is 1. The molecule has 3 aromatic rings. The van der Waals surface area contributed by atoms with E-state index in [1.807, 2.05) is 72.8 Å². The summed E-state index contributed by atoms with van der Waals surface area (Å²) in [6.45, 7) is 2.48. The largest absolute Gasteiger partial charge is 0.354 e. The van der Waals surface area contributed by atoms with Gasteiger partial charge in [-0.1, -0.05) is 6.07 Å². The first-order valence-electron chi connectivity index (χ1n) is 6.86. The zero-order valence-electron chi connectivity index (χ0n) is 12.4. The number of carbonyl (C=O) groups is 1. The Bertz CT molecular complexity index is 800. The molecule has 0 aliphatic heterocycles. The fourth-order valence-electron chi connectivity index (χ4n) is 2.46. The van der Waals surface area contributed by atoms with Crippen LogP contribution >= 0.6 is 0 Å². The van der Waals surface area contributed by atoms with E-state index < -0.39 is 0 Å². The number of amides is 1. The van der Waals surface area contributed by atoms with Crippen LogP contribution in [0.5, 0.6) is 0 Å². The van der Waals surface area contributed by atoms with Gasteiger partial charge in [-0.05, 0) is 25.1 Å². The van der Waals surface area contributed by atoms with Crippen LogP contribution in [0.1, 0.15) is 21.7 Å². The molecule has 0 unspecified atom stereocenters. The van der Waals surface area contributed by atoms with E-state index in [9.17, 15) is 4.79 Å². The lowest BCUT2D eigenvalue weighted by Crippen LogP contribution is -2.27. The summed E-state index contributed by atoms with van der Waals surface area (Å²) in [6.07, 6.45) is 5.69. The van der Waals surface area contributed by atoms with Crippen LogP contribution in [0.15, 0.2) is 42.9 Å². The maximum atomic E-state index is 12.5. The molecule has 0 saturated heterocycles. The number of hydrogen-bond donors (Lipinski definition) is 0. The van der Waals surface area contributed by atoms with E-state index in [1.54, 1.807) is 4.90 Å². The number of hydrogen-bond acceptors (Lipinski definition) is 2. The van der Waals surface area contributed by atoms with Gasteiger partial charge in [0.05, 0.1) is 24.0 Å². The van der Waals surface area contributed by atoms with E-state index in [-0.39, 0.29) is 5.91 Å². The lowest BCUT2D eigenvalue weighted by atomic mass is 10.2. The van der Waals surface area contributed by atoms with E-state index >= 15 is 0 Å². The van der Waals surface area contributed by atoms with E-state index in [4.69, 9.17) is 0 Å². The number of pyridine rings is 1. The first-order valence-corrected chi connectivity index (χ1v) is 6.86. The van der Waals surface area contributed by atoms with Crippen molar-refractivity contribution in [3.8, 4) is 0 Å². The molecule has 0 aliphatic carbocycles. The Kier molecular flexibility index (Phi) is 3.25. The second kappa shape index (κ2) is 5.09. The molecule has 0 atom stereocenters. The monoisotopic (exact) mass is 282 g/mol. The lowest BCUT2D eigenvalue weighted by Gasteiger charge is -2.17. The predicted octanol–water partition coefficient (Wildman–Crippen LogP) is 2.25. The first kappa shape index (κ1) is 13.4. The molecule has 0 bridgehead atoms. The molecule has 0 spiro atoms. The molecule has 5 nitrogen and oxygen atoms in total. The summed E-state index contributed by atoms with van der Waals surface area (Å²) in [6, 6.07) is 7.73. The van der Waals surface area contributed by atoms with Crippen LogP contribution in [0.2, 0.25) is 0 Å². The predicted molar refractivity (Wildman–Crippen MR) is 81.1 cm³/mol. The number of imidazole rings is 1.